The normalized spacial score (nSPS) is 18.1. The summed E-state index contributed by atoms with van der Waals surface area (Å²) in [4.78, 5) is 17.4. The minimum absolute atomic E-state index is 0.0577. The van der Waals surface area contributed by atoms with E-state index >= 15 is 0 Å². The van der Waals surface area contributed by atoms with Crippen LogP contribution in [0.3, 0.4) is 0 Å². The third-order valence-electron chi connectivity index (χ3n) is 6.85. The van der Waals surface area contributed by atoms with Crippen molar-refractivity contribution in [1.29, 1.82) is 0 Å². The van der Waals surface area contributed by atoms with Gasteiger partial charge in [0.25, 0.3) is 0 Å². The van der Waals surface area contributed by atoms with E-state index in [9.17, 15) is 4.79 Å². The van der Waals surface area contributed by atoms with E-state index in [4.69, 9.17) is 0 Å². The molecule has 0 spiro atoms. The number of ketones is 1. The van der Waals surface area contributed by atoms with E-state index in [1.54, 1.807) is 11.0 Å². The zero-order valence-electron chi connectivity index (χ0n) is 20.3. The van der Waals surface area contributed by atoms with Gasteiger partial charge in [-0.05, 0) is 58.2 Å². The summed E-state index contributed by atoms with van der Waals surface area (Å²) in [5.41, 5.74) is 4.16. The number of tetrazole rings is 1. The highest BCUT2D eigenvalue weighted by molar-refractivity contribution is 5.94. The lowest BCUT2D eigenvalue weighted by atomic mass is 9.76. The maximum Gasteiger partial charge on any atom is 0.217 e. The average Bonchev–Trinajstić information content (AvgIpc) is 3.57. The summed E-state index contributed by atoms with van der Waals surface area (Å²) >= 11 is 0. The van der Waals surface area contributed by atoms with Crippen LogP contribution >= 0.6 is 0 Å². The smallest absolute Gasteiger partial charge is 0.217 e. The summed E-state index contributed by atoms with van der Waals surface area (Å²) in [7, 11) is 0. The van der Waals surface area contributed by atoms with Gasteiger partial charge < -0.3 is 0 Å². The number of benzene rings is 2. The Bertz CT molecular complexity index is 1260. The highest BCUT2D eigenvalue weighted by Gasteiger charge is 2.30. The molecule has 2 unspecified atom stereocenters. The molecule has 1 saturated carbocycles. The Balaban J connectivity index is 1.26. The molecule has 1 aliphatic rings. The van der Waals surface area contributed by atoms with Crippen LogP contribution in [0.25, 0.3) is 22.5 Å². The molecule has 2 aromatic heterocycles. The van der Waals surface area contributed by atoms with E-state index in [-0.39, 0.29) is 11.7 Å². The molecular weight excluding hydrogens is 438 g/mol. The number of hydrogen-bond acceptors (Lipinski definition) is 6. The van der Waals surface area contributed by atoms with Crippen LogP contribution in [-0.4, -0.2) is 41.2 Å². The van der Waals surface area contributed by atoms with E-state index < -0.39 is 0 Å². The van der Waals surface area contributed by atoms with Crippen molar-refractivity contribution in [2.45, 2.75) is 52.5 Å². The number of aromatic amines is 1. The first-order valence-corrected chi connectivity index (χ1v) is 12.4. The number of nitrogens with zero attached hydrogens (tertiary/aromatic N) is 6. The Kier molecular flexibility index (Phi) is 6.79. The van der Waals surface area contributed by atoms with Gasteiger partial charge in [-0.2, -0.15) is 0 Å². The molecule has 1 aliphatic carbocycles. The van der Waals surface area contributed by atoms with Gasteiger partial charge in [-0.25, -0.2) is 14.8 Å². The van der Waals surface area contributed by atoms with Crippen LogP contribution in [0.15, 0.2) is 54.9 Å². The number of hydrogen-bond donors (Lipinski definition) is 1. The molecule has 5 rings (SSSR count). The molecule has 8 heteroatoms. The van der Waals surface area contributed by atoms with Crippen LogP contribution in [0.2, 0.25) is 0 Å². The van der Waals surface area contributed by atoms with E-state index in [0.29, 0.717) is 30.0 Å². The molecule has 2 atom stereocenters. The first-order chi connectivity index (χ1) is 17.1. The summed E-state index contributed by atoms with van der Waals surface area (Å²) in [5.74, 6) is 2.46. The van der Waals surface area contributed by atoms with E-state index in [0.717, 1.165) is 41.5 Å². The highest BCUT2D eigenvalue weighted by Crippen LogP contribution is 2.34. The van der Waals surface area contributed by atoms with Crippen LogP contribution in [0.5, 0.6) is 0 Å². The first-order valence-electron chi connectivity index (χ1n) is 12.4. The molecule has 0 radical (unpaired) electrons. The van der Waals surface area contributed by atoms with Crippen LogP contribution < -0.4 is 0 Å². The van der Waals surface area contributed by atoms with Gasteiger partial charge in [0.2, 0.25) is 11.6 Å². The Morgan fingerprint density at radius 3 is 2.63 bits per heavy atom. The standard InChI is InChI=1S/C27H31N7O/c1-18(2)14-20-6-5-7-22(15-20)25(35)27-28-17-34(31-27)16-19-10-12-21(13-11-19)23-8-3-4-9-24(23)26-29-32-33-30-26/h3-4,8-13,17-18,20,22H,5-7,14-16H2,1-2H3,(H,29,30,32,33). The average molecular weight is 470 g/mol. The Morgan fingerprint density at radius 1 is 1.09 bits per heavy atom. The van der Waals surface area contributed by atoms with Crippen LogP contribution in [0.4, 0.5) is 0 Å². The minimum Gasteiger partial charge on any atom is -0.290 e. The number of nitrogens with one attached hydrogen (secondary N) is 1. The van der Waals surface area contributed by atoms with Gasteiger partial charge >= 0.3 is 0 Å². The van der Waals surface area contributed by atoms with Crippen molar-refractivity contribution in [1.82, 2.24) is 35.4 Å². The van der Waals surface area contributed by atoms with Gasteiger partial charge in [-0.3, -0.25) is 4.79 Å². The van der Waals surface area contributed by atoms with E-state index in [2.05, 4.69) is 74.9 Å². The number of carbonyl (C=O) groups is 1. The molecule has 4 aromatic rings. The minimum atomic E-state index is 0.0577. The third kappa shape index (κ3) is 5.37. The van der Waals surface area contributed by atoms with Crippen molar-refractivity contribution in [3.8, 4) is 22.5 Å². The number of H-pyrrole nitrogens is 1. The Morgan fingerprint density at radius 2 is 1.89 bits per heavy atom. The monoisotopic (exact) mass is 469 g/mol. The fraction of sp³-hybridized carbons (Fsp3) is 0.407. The van der Waals surface area contributed by atoms with Gasteiger partial charge in [-0.1, -0.05) is 75.2 Å². The van der Waals surface area contributed by atoms with Crippen molar-refractivity contribution < 1.29 is 4.79 Å². The van der Waals surface area contributed by atoms with Crippen molar-refractivity contribution in [3.63, 3.8) is 0 Å². The molecule has 0 amide bonds. The third-order valence-corrected chi connectivity index (χ3v) is 6.85. The van der Waals surface area contributed by atoms with Crippen molar-refractivity contribution in [2.24, 2.45) is 17.8 Å². The Hall–Kier alpha value is -3.68. The van der Waals surface area contributed by atoms with Gasteiger partial charge in [0.05, 0.1) is 6.54 Å². The van der Waals surface area contributed by atoms with Gasteiger partial charge in [0.15, 0.2) is 5.82 Å². The Labute approximate surface area is 205 Å². The summed E-state index contributed by atoms with van der Waals surface area (Å²) < 4.78 is 1.75. The number of aromatic nitrogens is 7. The predicted molar refractivity (Wildman–Crippen MR) is 133 cm³/mol. The lowest BCUT2D eigenvalue weighted by Gasteiger charge is -2.28. The molecular formula is C27H31N7O. The SMILES string of the molecule is CC(C)CC1CCCC(C(=O)c2ncn(Cc3ccc(-c4ccccc4-c4nnn[nH]4)cc3)n2)C1. The molecule has 35 heavy (non-hydrogen) atoms. The number of Topliss-reactive ketones (excluding diaryl/α,β-unsaturated/α-hetero) is 1. The van der Waals surface area contributed by atoms with Crippen LogP contribution in [0, 0.1) is 17.8 Å². The van der Waals surface area contributed by atoms with E-state index in [1.807, 2.05) is 18.2 Å². The zero-order valence-corrected chi connectivity index (χ0v) is 20.3. The molecule has 180 valence electrons. The molecule has 0 aliphatic heterocycles. The summed E-state index contributed by atoms with van der Waals surface area (Å²) in [6.45, 7) is 5.08. The maximum absolute atomic E-state index is 13.1. The molecule has 1 N–H and O–H groups in total. The van der Waals surface area contributed by atoms with Crippen molar-refractivity contribution in [2.75, 3.05) is 0 Å². The zero-order chi connectivity index (χ0) is 24.2. The van der Waals surface area contributed by atoms with Crippen molar-refractivity contribution in [3.05, 3.63) is 66.2 Å². The van der Waals surface area contributed by atoms with Crippen molar-refractivity contribution >= 4 is 5.78 Å². The molecule has 0 saturated heterocycles. The van der Waals surface area contributed by atoms with Gasteiger partial charge in [-0.15, -0.1) is 10.2 Å². The first kappa shape index (κ1) is 23.1. The number of carbonyl (C=O) groups excluding carboxylic acids is 1. The fourth-order valence-electron chi connectivity index (χ4n) is 5.27. The van der Waals surface area contributed by atoms with Gasteiger partial charge in [0, 0.05) is 11.5 Å². The molecule has 2 aromatic carbocycles. The van der Waals surface area contributed by atoms with Crippen LogP contribution in [-0.2, 0) is 6.54 Å². The largest absolute Gasteiger partial charge is 0.290 e. The summed E-state index contributed by atoms with van der Waals surface area (Å²) in [6.07, 6.45) is 7.15. The van der Waals surface area contributed by atoms with E-state index in [1.165, 1.54) is 12.8 Å². The topological polar surface area (TPSA) is 102 Å². The lowest BCUT2D eigenvalue weighted by molar-refractivity contribution is 0.0844. The summed E-state index contributed by atoms with van der Waals surface area (Å²) in [6, 6.07) is 16.3. The predicted octanol–water partition coefficient (Wildman–Crippen LogP) is 5.21. The van der Waals surface area contributed by atoms with Crippen LogP contribution in [0.1, 0.15) is 62.1 Å². The summed E-state index contributed by atoms with van der Waals surface area (Å²) in [5, 5.41) is 18.8. The maximum atomic E-state index is 13.1. The molecule has 0 bridgehead atoms. The highest BCUT2D eigenvalue weighted by atomic mass is 16.1. The second-order valence-electron chi connectivity index (χ2n) is 9.98. The van der Waals surface area contributed by atoms with Gasteiger partial charge in [0.1, 0.15) is 6.33 Å². The molecule has 8 nitrogen and oxygen atoms in total. The number of rotatable bonds is 8. The molecule has 2 heterocycles. The molecule has 1 fully saturated rings. The quantitative estimate of drug-likeness (QED) is 0.356. The second-order valence-corrected chi connectivity index (χ2v) is 9.98. The fourth-order valence-corrected chi connectivity index (χ4v) is 5.27. The second kappa shape index (κ2) is 10.3. The lowest BCUT2D eigenvalue weighted by Crippen LogP contribution is -2.25.